The quantitative estimate of drug-likeness (QED) is 0.271. The van der Waals surface area contributed by atoms with E-state index in [-0.39, 0.29) is 24.0 Å². The van der Waals surface area contributed by atoms with E-state index in [4.69, 9.17) is 0 Å². The summed E-state index contributed by atoms with van der Waals surface area (Å²) < 4.78 is 38.2. The number of nitrogens with one attached hydrogen (secondary N) is 1. The highest BCUT2D eigenvalue weighted by Gasteiger charge is 2.41. The molecule has 2 fully saturated rings. The summed E-state index contributed by atoms with van der Waals surface area (Å²) in [5, 5.41) is 3.21. The van der Waals surface area contributed by atoms with Crippen molar-refractivity contribution in [3.8, 4) is 11.8 Å². The molecule has 1 saturated carbocycles. The summed E-state index contributed by atoms with van der Waals surface area (Å²) in [6.07, 6.45) is 2.11. The third kappa shape index (κ3) is 5.53. The standard InChI is InChI=1S/C20H24F3N3.HI/c1-24-18(26-13-11-19(15-26)9-2-3-10-19)25-12-5-7-16-6-4-8-17(14-16)20(21,22)23;/h4,6,8,14H,2-3,9-13,15H2,1H3,(H,24,25);1H. The maximum Gasteiger partial charge on any atom is 0.416 e. The van der Waals surface area contributed by atoms with Gasteiger partial charge in [-0.15, -0.1) is 24.0 Å². The van der Waals surface area contributed by atoms with Gasteiger partial charge < -0.3 is 10.2 Å². The first kappa shape index (κ1) is 21.9. The summed E-state index contributed by atoms with van der Waals surface area (Å²) >= 11 is 0. The summed E-state index contributed by atoms with van der Waals surface area (Å²) in [6.45, 7) is 2.39. The Morgan fingerprint density at radius 1 is 1.26 bits per heavy atom. The minimum absolute atomic E-state index is 0. The molecule has 0 bridgehead atoms. The monoisotopic (exact) mass is 491 g/mol. The highest BCUT2D eigenvalue weighted by Crippen LogP contribution is 2.45. The van der Waals surface area contributed by atoms with Crippen LogP contribution in [0.4, 0.5) is 13.2 Å². The van der Waals surface area contributed by atoms with Gasteiger partial charge in [0.15, 0.2) is 5.96 Å². The van der Waals surface area contributed by atoms with Gasteiger partial charge in [0, 0.05) is 25.7 Å². The van der Waals surface area contributed by atoms with E-state index in [0.717, 1.165) is 31.2 Å². The Hall–Kier alpha value is -1.43. The van der Waals surface area contributed by atoms with Crippen LogP contribution < -0.4 is 5.32 Å². The fourth-order valence-electron chi connectivity index (χ4n) is 4.02. The summed E-state index contributed by atoms with van der Waals surface area (Å²) in [6, 6.07) is 5.09. The Morgan fingerprint density at radius 3 is 2.67 bits per heavy atom. The number of likely N-dealkylation sites (tertiary alicyclic amines) is 1. The van der Waals surface area contributed by atoms with Crippen LogP contribution in [0.15, 0.2) is 29.3 Å². The molecule has 1 aliphatic heterocycles. The number of aliphatic imine (C=N–C) groups is 1. The van der Waals surface area contributed by atoms with Gasteiger partial charge in [-0.05, 0) is 42.9 Å². The Morgan fingerprint density at radius 2 is 2.00 bits per heavy atom. The number of hydrogen-bond donors (Lipinski definition) is 1. The number of halogens is 4. The van der Waals surface area contributed by atoms with E-state index in [9.17, 15) is 13.2 Å². The van der Waals surface area contributed by atoms with E-state index >= 15 is 0 Å². The average Bonchev–Trinajstić information content (AvgIpc) is 3.25. The summed E-state index contributed by atoms with van der Waals surface area (Å²) in [5.41, 5.74) is 0.149. The van der Waals surface area contributed by atoms with Crippen LogP contribution in [0.1, 0.15) is 43.2 Å². The molecular formula is C20H25F3IN3. The van der Waals surface area contributed by atoms with Crippen LogP contribution in [0.2, 0.25) is 0 Å². The van der Waals surface area contributed by atoms with Gasteiger partial charge in [-0.1, -0.05) is 30.7 Å². The molecule has 0 aromatic heterocycles. The summed E-state index contributed by atoms with van der Waals surface area (Å²) in [4.78, 5) is 6.61. The number of nitrogens with zero attached hydrogens (tertiary/aromatic N) is 2. The molecule has 3 rings (SSSR count). The third-order valence-electron chi connectivity index (χ3n) is 5.37. The molecule has 0 unspecified atom stereocenters. The van der Waals surface area contributed by atoms with Crippen molar-refractivity contribution in [3.63, 3.8) is 0 Å². The minimum atomic E-state index is -4.34. The van der Waals surface area contributed by atoms with Crippen molar-refractivity contribution in [2.24, 2.45) is 10.4 Å². The SMILES string of the molecule is CN=C(NCC#Cc1cccc(C(F)(F)F)c1)N1CCC2(CCCC2)C1.I. The Bertz CT molecular complexity index is 728. The molecule has 0 amide bonds. The second-order valence-corrected chi connectivity index (χ2v) is 7.16. The predicted molar refractivity (Wildman–Crippen MR) is 112 cm³/mol. The lowest BCUT2D eigenvalue weighted by Gasteiger charge is -2.25. The molecule has 1 saturated heterocycles. The molecule has 1 N–H and O–H groups in total. The number of alkyl halides is 3. The highest BCUT2D eigenvalue weighted by atomic mass is 127. The van der Waals surface area contributed by atoms with E-state index in [1.807, 2.05) is 0 Å². The molecule has 7 heteroatoms. The topological polar surface area (TPSA) is 27.6 Å². The van der Waals surface area contributed by atoms with Gasteiger partial charge in [0.1, 0.15) is 0 Å². The molecule has 1 heterocycles. The van der Waals surface area contributed by atoms with Crippen LogP contribution in [0.3, 0.4) is 0 Å². The Labute approximate surface area is 175 Å². The first-order chi connectivity index (χ1) is 12.4. The maximum atomic E-state index is 12.7. The lowest BCUT2D eigenvalue weighted by Crippen LogP contribution is -2.41. The fourth-order valence-corrected chi connectivity index (χ4v) is 4.02. The van der Waals surface area contributed by atoms with Crippen LogP contribution in [0.5, 0.6) is 0 Å². The number of hydrogen-bond acceptors (Lipinski definition) is 1. The van der Waals surface area contributed by atoms with Crippen molar-refractivity contribution < 1.29 is 13.2 Å². The lowest BCUT2D eigenvalue weighted by atomic mass is 9.86. The second-order valence-electron chi connectivity index (χ2n) is 7.16. The van der Waals surface area contributed by atoms with E-state index in [1.54, 1.807) is 13.1 Å². The van der Waals surface area contributed by atoms with Crippen LogP contribution >= 0.6 is 24.0 Å². The van der Waals surface area contributed by atoms with Crippen molar-refractivity contribution in [3.05, 3.63) is 35.4 Å². The molecule has 148 valence electrons. The summed E-state index contributed by atoms with van der Waals surface area (Å²) in [5.74, 6) is 6.51. The molecule has 1 aliphatic carbocycles. The Kier molecular flexibility index (Phi) is 7.43. The zero-order chi connectivity index (χ0) is 18.6. The number of guanidine groups is 1. The first-order valence-electron chi connectivity index (χ1n) is 9.04. The van der Waals surface area contributed by atoms with Crippen LogP contribution in [0, 0.1) is 17.3 Å². The van der Waals surface area contributed by atoms with Crippen molar-refractivity contribution >= 4 is 29.9 Å². The van der Waals surface area contributed by atoms with Crippen molar-refractivity contribution in [2.45, 2.75) is 38.3 Å². The zero-order valence-corrected chi connectivity index (χ0v) is 17.7. The van der Waals surface area contributed by atoms with E-state index in [1.165, 1.54) is 38.2 Å². The fraction of sp³-hybridized carbons (Fsp3) is 0.550. The lowest BCUT2D eigenvalue weighted by molar-refractivity contribution is -0.137. The number of benzene rings is 1. The first-order valence-corrected chi connectivity index (χ1v) is 9.04. The molecule has 1 aromatic carbocycles. The smallest absolute Gasteiger partial charge is 0.345 e. The van der Waals surface area contributed by atoms with E-state index in [2.05, 4.69) is 27.0 Å². The van der Waals surface area contributed by atoms with Crippen molar-refractivity contribution in [1.29, 1.82) is 0 Å². The molecule has 2 aliphatic rings. The van der Waals surface area contributed by atoms with Gasteiger partial charge in [0.05, 0.1) is 12.1 Å². The van der Waals surface area contributed by atoms with Crippen molar-refractivity contribution in [1.82, 2.24) is 10.2 Å². The average molecular weight is 491 g/mol. The van der Waals surface area contributed by atoms with Gasteiger partial charge in [-0.25, -0.2) is 0 Å². The zero-order valence-electron chi connectivity index (χ0n) is 15.4. The maximum absolute atomic E-state index is 12.7. The Balaban J connectivity index is 0.00000261. The molecular weight excluding hydrogens is 466 g/mol. The molecule has 1 aromatic rings. The minimum Gasteiger partial charge on any atom is -0.345 e. The molecule has 0 radical (unpaired) electrons. The molecule has 3 nitrogen and oxygen atoms in total. The molecule has 27 heavy (non-hydrogen) atoms. The highest BCUT2D eigenvalue weighted by molar-refractivity contribution is 14.0. The number of rotatable bonds is 1. The molecule has 0 atom stereocenters. The van der Waals surface area contributed by atoms with Gasteiger partial charge in [0.25, 0.3) is 0 Å². The van der Waals surface area contributed by atoms with E-state index in [0.29, 0.717) is 17.5 Å². The van der Waals surface area contributed by atoms with E-state index < -0.39 is 11.7 Å². The van der Waals surface area contributed by atoms with Crippen molar-refractivity contribution in [2.75, 3.05) is 26.7 Å². The third-order valence-corrected chi connectivity index (χ3v) is 5.37. The largest absolute Gasteiger partial charge is 0.416 e. The van der Waals surface area contributed by atoms with Gasteiger partial charge in [0.2, 0.25) is 0 Å². The van der Waals surface area contributed by atoms with Crippen LogP contribution in [-0.2, 0) is 6.18 Å². The summed E-state index contributed by atoms with van der Waals surface area (Å²) in [7, 11) is 1.75. The van der Waals surface area contributed by atoms with Gasteiger partial charge in [-0.2, -0.15) is 13.2 Å². The van der Waals surface area contributed by atoms with Gasteiger partial charge >= 0.3 is 6.18 Å². The normalized spacial score (nSPS) is 18.8. The molecule has 1 spiro atoms. The van der Waals surface area contributed by atoms with Gasteiger partial charge in [-0.3, -0.25) is 4.99 Å². The van der Waals surface area contributed by atoms with Crippen LogP contribution in [0.25, 0.3) is 0 Å². The second kappa shape index (κ2) is 9.18. The predicted octanol–water partition coefficient (Wildman–Crippen LogP) is 4.52. The van der Waals surface area contributed by atoms with Crippen LogP contribution in [-0.4, -0.2) is 37.5 Å².